The number of hydrogen-bond donors (Lipinski definition) is 0. The van der Waals surface area contributed by atoms with E-state index in [0.717, 1.165) is 11.3 Å². The van der Waals surface area contributed by atoms with Gasteiger partial charge in [-0.3, -0.25) is 4.90 Å². The Bertz CT molecular complexity index is 1030. The van der Waals surface area contributed by atoms with Gasteiger partial charge in [0.15, 0.2) is 5.76 Å². The fourth-order valence-electron chi connectivity index (χ4n) is 2.65. The molecule has 3 heterocycles. The summed E-state index contributed by atoms with van der Waals surface area (Å²) in [5, 5.41) is 8.79. The highest BCUT2D eigenvalue weighted by molar-refractivity contribution is 7.71. The quantitative estimate of drug-likeness (QED) is 0.484. The summed E-state index contributed by atoms with van der Waals surface area (Å²) in [7, 11) is 1.99. The highest BCUT2D eigenvalue weighted by Crippen LogP contribution is 2.18. The van der Waals surface area contributed by atoms with Crippen molar-refractivity contribution in [3.63, 3.8) is 0 Å². The molecular weight excluding hydrogens is 350 g/mol. The van der Waals surface area contributed by atoms with Crippen LogP contribution >= 0.6 is 12.2 Å². The summed E-state index contributed by atoms with van der Waals surface area (Å²) < 4.78 is 14.3. The van der Waals surface area contributed by atoms with Crippen molar-refractivity contribution in [3.05, 3.63) is 71.5 Å². The van der Waals surface area contributed by atoms with E-state index in [4.69, 9.17) is 21.1 Å². The highest BCUT2D eigenvalue weighted by Gasteiger charge is 2.12. The molecular formula is C18H17N5O2S. The maximum absolute atomic E-state index is 5.50. The molecule has 132 valence electrons. The third kappa shape index (κ3) is 3.51. The maximum atomic E-state index is 5.50. The second kappa shape index (κ2) is 7.11. The standard InChI is InChI=1S/C18H17N5O2S/c1-21(11-14-10-19-22(12-14)15-6-3-2-4-7-15)13-23-18(26)25-17(20-23)16-8-5-9-24-16/h2-10,12H,11,13H2,1H3. The number of furan rings is 1. The molecule has 26 heavy (non-hydrogen) atoms. The Balaban J connectivity index is 1.44. The SMILES string of the molecule is CN(Cc1cnn(-c2ccccc2)c1)Cn1nc(-c2ccco2)oc1=S. The van der Waals surface area contributed by atoms with Crippen molar-refractivity contribution in [2.24, 2.45) is 0 Å². The van der Waals surface area contributed by atoms with E-state index in [2.05, 4.69) is 15.1 Å². The summed E-state index contributed by atoms with van der Waals surface area (Å²) in [5.74, 6) is 0.937. The summed E-state index contributed by atoms with van der Waals surface area (Å²) in [5.41, 5.74) is 2.13. The minimum atomic E-state index is 0.309. The molecule has 0 atom stereocenters. The lowest BCUT2D eigenvalue weighted by Crippen LogP contribution is -2.22. The number of benzene rings is 1. The fourth-order valence-corrected chi connectivity index (χ4v) is 2.83. The third-order valence-corrected chi connectivity index (χ3v) is 4.12. The van der Waals surface area contributed by atoms with Crippen molar-refractivity contribution in [3.8, 4) is 17.3 Å². The number of para-hydroxylation sites is 1. The number of aromatic nitrogens is 4. The van der Waals surface area contributed by atoms with Crippen LogP contribution in [0.1, 0.15) is 5.56 Å². The van der Waals surface area contributed by atoms with Gasteiger partial charge in [-0.25, -0.2) is 9.36 Å². The molecule has 0 saturated carbocycles. The smallest absolute Gasteiger partial charge is 0.288 e. The van der Waals surface area contributed by atoms with Crippen LogP contribution < -0.4 is 0 Å². The molecule has 8 heteroatoms. The lowest BCUT2D eigenvalue weighted by atomic mass is 10.3. The van der Waals surface area contributed by atoms with Crippen molar-refractivity contribution < 1.29 is 8.83 Å². The molecule has 0 bridgehead atoms. The number of hydrogen-bond acceptors (Lipinski definition) is 6. The first-order valence-electron chi connectivity index (χ1n) is 8.08. The van der Waals surface area contributed by atoms with E-state index in [1.54, 1.807) is 23.1 Å². The van der Waals surface area contributed by atoms with E-state index in [-0.39, 0.29) is 0 Å². The Kier molecular flexibility index (Phi) is 4.51. The summed E-state index contributed by atoms with van der Waals surface area (Å²) in [4.78, 5) is 2.39. The first-order valence-corrected chi connectivity index (χ1v) is 8.49. The average Bonchev–Trinajstić information content (AvgIpc) is 3.38. The topological polar surface area (TPSA) is 65.2 Å². The molecule has 0 aliphatic carbocycles. The summed E-state index contributed by atoms with van der Waals surface area (Å²) in [6.07, 6.45) is 5.45. The average molecular weight is 367 g/mol. The van der Waals surface area contributed by atoms with Gasteiger partial charge in [0.25, 0.3) is 10.7 Å². The first kappa shape index (κ1) is 16.5. The minimum Gasteiger partial charge on any atom is -0.459 e. The van der Waals surface area contributed by atoms with E-state index in [9.17, 15) is 0 Å². The van der Waals surface area contributed by atoms with Crippen LogP contribution in [-0.4, -0.2) is 31.5 Å². The molecule has 0 unspecified atom stereocenters. The minimum absolute atomic E-state index is 0.309. The molecule has 0 fully saturated rings. The lowest BCUT2D eigenvalue weighted by molar-refractivity contribution is 0.240. The van der Waals surface area contributed by atoms with Crippen LogP contribution in [0.5, 0.6) is 0 Å². The zero-order valence-electron chi connectivity index (χ0n) is 14.1. The molecule has 0 amide bonds. The first-order chi connectivity index (χ1) is 12.7. The van der Waals surface area contributed by atoms with Crippen LogP contribution in [0.25, 0.3) is 17.3 Å². The normalized spacial score (nSPS) is 11.3. The molecule has 4 aromatic rings. The fraction of sp³-hybridized carbons (Fsp3) is 0.167. The van der Waals surface area contributed by atoms with Crippen LogP contribution in [-0.2, 0) is 13.2 Å². The molecule has 0 saturated heterocycles. The zero-order chi connectivity index (χ0) is 17.9. The zero-order valence-corrected chi connectivity index (χ0v) is 15.0. The van der Waals surface area contributed by atoms with Crippen molar-refractivity contribution in [1.29, 1.82) is 0 Å². The van der Waals surface area contributed by atoms with Crippen molar-refractivity contribution in [1.82, 2.24) is 24.5 Å². The van der Waals surface area contributed by atoms with Crippen LogP contribution in [0.2, 0.25) is 0 Å². The Labute approximate surface area is 155 Å². The largest absolute Gasteiger partial charge is 0.459 e. The molecule has 1 aromatic carbocycles. The lowest BCUT2D eigenvalue weighted by Gasteiger charge is -2.14. The molecule has 7 nitrogen and oxygen atoms in total. The van der Waals surface area contributed by atoms with Gasteiger partial charge in [-0.05, 0) is 43.5 Å². The summed E-state index contributed by atoms with van der Waals surface area (Å²) >= 11 is 5.25. The van der Waals surface area contributed by atoms with Gasteiger partial charge < -0.3 is 8.83 Å². The Morgan fingerprint density at radius 1 is 1.15 bits per heavy atom. The van der Waals surface area contributed by atoms with Crippen LogP contribution in [0.4, 0.5) is 0 Å². The predicted molar refractivity (Wildman–Crippen MR) is 98.1 cm³/mol. The maximum Gasteiger partial charge on any atom is 0.288 e. The third-order valence-electron chi connectivity index (χ3n) is 3.82. The number of nitrogens with zero attached hydrogens (tertiary/aromatic N) is 5. The van der Waals surface area contributed by atoms with Gasteiger partial charge in [-0.2, -0.15) is 5.10 Å². The molecule has 3 aromatic heterocycles. The Morgan fingerprint density at radius 2 is 2.00 bits per heavy atom. The summed E-state index contributed by atoms with van der Waals surface area (Å²) in [6, 6.07) is 13.6. The van der Waals surface area contributed by atoms with Crippen LogP contribution in [0.3, 0.4) is 0 Å². The summed E-state index contributed by atoms with van der Waals surface area (Å²) in [6.45, 7) is 1.21. The van der Waals surface area contributed by atoms with Gasteiger partial charge in [0.2, 0.25) is 0 Å². The Morgan fingerprint density at radius 3 is 2.77 bits per heavy atom. The van der Waals surface area contributed by atoms with E-state index >= 15 is 0 Å². The molecule has 0 spiro atoms. The molecule has 4 rings (SSSR count). The van der Waals surface area contributed by atoms with Crippen molar-refractivity contribution in [2.45, 2.75) is 13.2 Å². The van der Waals surface area contributed by atoms with Crippen molar-refractivity contribution >= 4 is 12.2 Å². The van der Waals surface area contributed by atoms with Gasteiger partial charge in [-0.1, -0.05) is 18.2 Å². The Hall–Kier alpha value is -2.97. The van der Waals surface area contributed by atoms with Crippen molar-refractivity contribution in [2.75, 3.05) is 7.05 Å². The van der Waals surface area contributed by atoms with E-state index in [1.807, 2.05) is 54.5 Å². The second-order valence-electron chi connectivity index (χ2n) is 5.93. The number of rotatable bonds is 6. The molecule has 0 radical (unpaired) electrons. The van der Waals surface area contributed by atoms with Gasteiger partial charge in [0, 0.05) is 18.3 Å². The van der Waals surface area contributed by atoms with Crippen LogP contribution in [0, 0.1) is 4.84 Å². The van der Waals surface area contributed by atoms with Crippen LogP contribution in [0.15, 0.2) is 70.0 Å². The van der Waals surface area contributed by atoms with Gasteiger partial charge >= 0.3 is 0 Å². The van der Waals surface area contributed by atoms with Gasteiger partial charge in [-0.15, -0.1) is 5.10 Å². The predicted octanol–water partition coefficient (Wildman–Crippen LogP) is 3.74. The molecule has 0 aliphatic heterocycles. The molecule has 0 aliphatic rings. The van der Waals surface area contributed by atoms with E-state index in [0.29, 0.717) is 29.7 Å². The van der Waals surface area contributed by atoms with E-state index in [1.165, 1.54) is 0 Å². The monoisotopic (exact) mass is 367 g/mol. The van der Waals surface area contributed by atoms with Gasteiger partial charge in [0.1, 0.15) is 0 Å². The molecule has 0 N–H and O–H groups in total. The van der Waals surface area contributed by atoms with Gasteiger partial charge in [0.05, 0.1) is 24.8 Å². The van der Waals surface area contributed by atoms with E-state index < -0.39 is 0 Å². The highest BCUT2D eigenvalue weighted by atomic mass is 32.1. The second-order valence-corrected chi connectivity index (χ2v) is 6.28.